The smallest absolute Gasteiger partial charge is 0.186 e. The number of H-pyrrole nitrogens is 1. The highest BCUT2D eigenvalue weighted by Crippen LogP contribution is 2.32. The molecule has 1 aliphatic heterocycles. The molecular formula is C43H52N2O6. The van der Waals surface area contributed by atoms with Gasteiger partial charge in [-0.15, -0.1) is 0 Å². The van der Waals surface area contributed by atoms with E-state index in [9.17, 15) is 0 Å². The van der Waals surface area contributed by atoms with E-state index in [2.05, 4.69) is 65.6 Å². The van der Waals surface area contributed by atoms with Crippen molar-refractivity contribution in [3.05, 3.63) is 144 Å². The maximum Gasteiger partial charge on any atom is 0.186 e. The molecule has 51 heavy (non-hydrogen) atoms. The number of hydrogen-bond donors (Lipinski definition) is 2. The molecule has 0 aliphatic carbocycles. The van der Waals surface area contributed by atoms with Crippen molar-refractivity contribution in [3.63, 3.8) is 0 Å². The zero-order chi connectivity index (χ0) is 34.9. The predicted octanol–water partition coefficient (Wildman–Crippen LogP) is 7.74. The van der Waals surface area contributed by atoms with Crippen molar-refractivity contribution in [2.75, 3.05) is 26.4 Å². The first-order valence-corrected chi connectivity index (χ1v) is 18.3. The van der Waals surface area contributed by atoms with Crippen LogP contribution in [0, 0.1) is 0 Å². The molecule has 5 unspecified atom stereocenters. The molecule has 1 saturated heterocycles. The van der Waals surface area contributed by atoms with E-state index < -0.39 is 30.7 Å². The molecule has 5 aromatic rings. The van der Waals surface area contributed by atoms with Crippen molar-refractivity contribution >= 4 is 10.9 Å². The number of para-hydroxylation sites is 1. The van der Waals surface area contributed by atoms with E-state index in [4.69, 9.17) is 34.2 Å². The SMILES string of the molecule is NCCCCCCOCC1OC(OCCc2cc3ccccc3[nH]2)C(OCc2ccccc2)C(OCc2ccccc2)C1OCc1ccccc1. The van der Waals surface area contributed by atoms with Gasteiger partial charge in [-0.05, 0) is 53.6 Å². The molecule has 0 spiro atoms. The van der Waals surface area contributed by atoms with Gasteiger partial charge in [0.05, 0.1) is 33.0 Å². The second-order valence-electron chi connectivity index (χ2n) is 13.1. The molecule has 6 rings (SSSR count). The Labute approximate surface area is 302 Å². The Balaban J connectivity index is 1.24. The van der Waals surface area contributed by atoms with Crippen LogP contribution in [0.5, 0.6) is 0 Å². The highest BCUT2D eigenvalue weighted by atomic mass is 16.7. The van der Waals surface area contributed by atoms with Crippen molar-refractivity contribution in [3.8, 4) is 0 Å². The van der Waals surface area contributed by atoms with Gasteiger partial charge in [-0.25, -0.2) is 0 Å². The summed E-state index contributed by atoms with van der Waals surface area (Å²) in [6.07, 6.45) is 2.12. The third kappa shape index (κ3) is 11.3. The van der Waals surface area contributed by atoms with Crippen molar-refractivity contribution in [1.29, 1.82) is 0 Å². The van der Waals surface area contributed by atoms with Gasteiger partial charge in [0.25, 0.3) is 0 Å². The molecule has 8 nitrogen and oxygen atoms in total. The number of fused-ring (bicyclic) bond motifs is 1. The number of aromatic amines is 1. The number of aromatic nitrogens is 1. The number of rotatable bonds is 21. The molecule has 5 atom stereocenters. The van der Waals surface area contributed by atoms with Crippen LogP contribution < -0.4 is 5.73 Å². The first-order chi connectivity index (χ1) is 25.3. The van der Waals surface area contributed by atoms with E-state index in [0.717, 1.165) is 60.1 Å². The summed E-state index contributed by atoms with van der Waals surface area (Å²) in [6, 6.07) is 41.0. The lowest BCUT2D eigenvalue weighted by Gasteiger charge is -2.46. The Morgan fingerprint density at radius 3 is 1.76 bits per heavy atom. The molecule has 3 N–H and O–H groups in total. The maximum atomic E-state index is 6.82. The Hall–Kier alpha value is -3.86. The van der Waals surface area contributed by atoms with Crippen molar-refractivity contribution in [2.24, 2.45) is 5.73 Å². The number of hydrogen-bond acceptors (Lipinski definition) is 7. The van der Waals surface area contributed by atoms with Gasteiger partial charge in [0, 0.05) is 24.2 Å². The fraction of sp³-hybridized carbons (Fsp3) is 0.395. The quantitative estimate of drug-likeness (QED) is 0.0760. The summed E-state index contributed by atoms with van der Waals surface area (Å²) in [6.45, 7) is 3.28. The van der Waals surface area contributed by atoms with Gasteiger partial charge in [-0.3, -0.25) is 0 Å². The zero-order valence-electron chi connectivity index (χ0n) is 29.4. The van der Waals surface area contributed by atoms with E-state index in [1.165, 1.54) is 5.39 Å². The molecule has 1 fully saturated rings. The number of ether oxygens (including phenoxy) is 6. The predicted molar refractivity (Wildman–Crippen MR) is 200 cm³/mol. The first-order valence-electron chi connectivity index (χ1n) is 18.3. The van der Waals surface area contributed by atoms with Crippen LogP contribution >= 0.6 is 0 Å². The summed E-state index contributed by atoms with van der Waals surface area (Å²) in [7, 11) is 0. The summed E-state index contributed by atoms with van der Waals surface area (Å²) in [5.41, 5.74) is 11.1. The Morgan fingerprint density at radius 1 is 0.569 bits per heavy atom. The summed E-state index contributed by atoms with van der Waals surface area (Å²) in [5, 5.41) is 1.18. The first kappa shape index (κ1) is 36.9. The molecule has 0 radical (unpaired) electrons. The van der Waals surface area contributed by atoms with E-state index in [1.807, 2.05) is 60.7 Å². The molecule has 1 aliphatic rings. The number of benzene rings is 4. The van der Waals surface area contributed by atoms with Crippen LogP contribution in [0.25, 0.3) is 10.9 Å². The maximum absolute atomic E-state index is 6.82. The van der Waals surface area contributed by atoms with Gasteiger partial charge in [0.15, 0.2) is 6.29 Å². The van der Waals surface area contributed by atoms with Crippen molar-refractivity contribution < 1.29 is 28.4 Å². The van der Waals surface area contributed by atoms with Crippen LogP contribution in [0.3, 0.4) is 0 Å². The fourth-order valence-corrected chi connectivity index (χ4v) is 6.47. The molecule has 4 aromatic carbocycles. The summed E-state index contributed by atoms with van der Waals surface area (Å²) < 4.78 is 40.0. The van der Waals surface area contributed by atoms with Crippen LogP contribution in [0.4, 0.5) is 0 Å². The molecular weight excluding hydrogens is 640 g/mol. The third-order valence-electron chi connectivity index (χ3n) is 9.21. The third-order valence-corrected chi connectivity index (χ3v) is 9.21. The van der Waals surface area contributed by atoms with Gasteiger partial charge in [-0.2, -0.15) is 0 Å². The van der Waals surface area contributed by atoms with E-state index in [1.54, 1.807) is 0 Å². The Bertz CT molecular complexity index is 1630. The van der Waals surface area contributed by atoms with Gasteiger partial charge in [0.2, 0.25) is 0 Å². The lowest BCUT2D eigenvalue weighted by Crippen LogP contribution is -2.61. The zero-order valence-corrected chi connectivity index (χ0v) is 29.4. The van der Waals surface area contributed by atoms with Crippen molar-refractivity contribution in [2.45, 2.75) is 82.6 Å². The van der Waals surface area contributed by atoms with Gasteiger partial charge in [0.1, 0.15) is 24.4 Å². The normalized spacial score (nSPS) is 20.5. The topological polar surface area (TPSA) is 97.2 Å². The van der Waals surface area contributed by atoms with Gasteiger partial charge >= 0.3 is 0 Å². The second-order valence-corrected chi connectivity index (χ2v) is 13.1. The Morgan fingerprint density at radius 2 is 1.14 bits per heavy atom. The van der Waals surface area contributed by atoms with E-state index in [-0.39, 0.29) is 0 Å². The van der Waals surface area contributed by atoms with Crippen molar-refractivity contribution in [1.82, 2.24) is 4.98 Å². The number of nitrogens with two attached hydrogens (primary N) is 1. The lowest BCUT2D eigenvalue weighted by atomic mass is 9.97. The minimum absolute atomic E-state index is 0.342. The standard InChI is InChI=1S/C43H52N2O6/c44-25-14-1-2-15-26-46-32-39-40(48-29-33-16-6-3-7-17-33)41(49-30-34-18-8-4-9-19-34)42(50-31-35-20-10-5-11-21-35)43(51-39)47-27-24-37-28-36-22-12-13-23-38(36)45-37/h3-13,16-23,28,39-43,45H,1-2,14-15,24-27,29-32,44H2. The van der Waals surface area contributed by atoms with Gasteiger partial charge in [-0.1, -0.05) is 122 Å². The van der Waals surface area contributed by atoms with Gasteiger partial charge < -0.3 is 39.1 Å². The molecule has 0 saturated carbocycles. The average molecular weight is 693 g/mol. The Kier molecular flexibility index (Phi) is 14.7. The largest absolute Gasteiger partial charge is 0.379 e. The molecule has 8 heteroatoms. The van der Waals surface area contributed by atoms with Crippen LogP contribution in [-0.4, -0.2) is 62.1 Å². The monoisotopic (exact) mass is 692 g/mol. The highest BCUT2D eigenvalue weighted by molar-refractivity contribution is 5.80. The number of nitrogens with one attached hydrogen (secondary N) is 1. The molecule has 0 bridgehead atoms. The minimum Gasteiger partial charge on any atom is -0.379 e. The summed E-state index contributed by atoms with van der Waals surface area (Å²) in [4.78, 5) is 3.52. The van der Waals surface area contributed by atoms with E-state index in [0.29, 0.717) is 46.1 Å². The van der Waals surface area contributed by atoms with Crippen LogP contribution in [0.15, 0.2) is 121 Å². The number of unbranched alkanes of at least 4 members (excludes halogenated alkanes) is 3. The highest BCUT2D eigenvalue weighted by Gasteiger charge is 2.49. The summed E-state index contributed by atoms with van der Waals surface area (Å²) >= 11 is 0. The van der Waals surface area contributed by atoms with Crippen LogP contribution in [-0.2, 0) is 54.7 Å². The summed E-state index contributed by atoms with van der Waals surface area (Å²) in [5.74, 6) is 0. The van der Waals surface area contributed by atoms with Crippen LogP contribution in [0.2, 0.25) is 0 Å². The van der Waals surface area contributed by atoms with E-state index >= 15 is 0 Å². The molecule has 2 heterocycles. The second kappa shape index (κ2) is 20.2. The van der Waals surface area contributed by atoms with Crippen LogP contribution in [0.1, 0.15) is 48.1 Å². The average Bonchev–Trinajstić information content (AvgIpc) is 3.60. The lowest BCUT2D eigenvalue weighted by molar-refractivity contribution is -0.328. The minimum atomic E-state index is -0.714. The fourth-order valence-electron chi connectivity index (χ4n) is 6.47. The molecule has 1 aromatic heterocycles. The molecule has 270 valence electrons. The molecule has 0 amide bonds.